The molecule has 0 aromatic carbocycles. The lowest BCUT2D eigenvalue weighted by Crippen LogP contribution is -2.48. The third-order valence-corrected chi connectivity index (χ3v) is 6.55. The van der Waals surface area contributed by atoms with Crippen LogP contribution in [0.15, 0.2) is 0 Å². The number of hydrogen-bond donors (Lipinski definition) is 1. The van der Waals surface area contributed by atoms with E-state index in [1.165, 1.54) is 0 Å². The van der Waals surface area contributed by atoms with Crippen molar-refractivity contribution in [1.82, 2.24) is 9.80 Å². The van der Waals surface area contributed by atoms with Crippen molar-refractivity contribution in [3.63, 3.8) is 0 Å². The fourth-order valence-corrected chi connectivity index (χ4v) is 4.33. The zero-order valence-electron chi connectivity index (χ0n) is 15.2. The SMILES string of the molecule is CC1CCN(C(=O)C2CCN(C(=O)CC3(C(=O)O)CCC3)CC2)CC1. The first-order valence-electron chi connectivity index (χ1n) is 9.71. The number of piperidine rings is 2. The quantitative estimate of drug-likeness (QED) is 0.842. The fourth-order valence-electron chi connectivity index (χ4n) is 4.33. The van der Waals surface area contributed by atoms with Crippen LogP contribution in [0.5, 0.6) is 0 Å². The summed E-state index contributed by atoms with van der Waals surface area (Å²) in [5.41, 5.74) is -0.825. The molecule has 3 rings (SSSR count). The summed E-state index contributed by atoms with van der Waals surface area (Å²) in [6.45, 7) is 5.11. The van der Waals surface area contributed by atoms with Gasteiger partial charge in [-0.1, -0.05) is 13.3 Å². The molecule has 0 bridgehead atoms. The minimum Gasteiger partial charge on any atom is -0.481 e. The summed E-state index contributed by atoms with van der Waals surface area (Å²) in [5.74, 6) is 0.0856. The van der Waals surface area contributed by atoms with E-state index in [1.54, 1.807) is 4.90 Å². The van der Waals surface area contributed by atoms with E-state index < -0.39 is 11.4 Å². The smallest absolute Gasteiger partial charge is 0.310 e. The Bertz CT molecular complexity index is 528. The Kier molecular flexibility index (Phi) is 5.35. The molecule has 3 aliphatic rings. The van der Waals surface area contributed by atoms with Crippen molar-refractivity contribution in [3.05, 3.63) is 0 Å². The highest BCUT2D eigenvalue weighted by Crippen LogP contribution is 2.44. The molecule has 25 heavy (non-hydrogen) atoms. The Balaban J connectivity index is 1.47. The zero-order valence-corrected chi connectivity index (χ0v) is 15.2. The number of carbonyl (C=O) groups excluding carboxylic acids is 2. The number of likely N-dealkylation sites (tertiary alicyclic amines) is 2. The number of amides is 2. The molecular weight excluding hydrogens is 320 g/mol. The highest BCUT2D eigenvalue weighted by molar-refractivity contribution is 5.86. The van der Waals surface area contributed by atoms with Crippen LogP contribution in [0.4, 0.5) is 0 Å². The van der Waals surface area contributed by atoms with Crippen molar-refractivity contribution >= 4 is 17.8 Å². The second kappa shape index (κ2) is 7.34. The van der Waals surface area contributed by atoms with Crippen LogP contribution in [-0.4, -0.2) is 58.9 Å². The Labute approximate surface area is 149 Å². The van der Waals surface area contributed by atoms with E-state index >= 15 is 0 Å². The van der Waals surface area contributed by atoms with Crippen molar-refractivity contribution in [3.8, 4) is 0 Å². The molecule has 1 aliphatic carbocycles. The first-order valence-corrected chi connectivity index (χ1v) is 9.71. The van der Waals surface area contributed by atoms with Crippen LogP contribution in [0.25, 0.3) is 0 Å². The van der Waals surface area contributed by atoms with Gasteiger partial charge in [-0.15, -0.1) is 0 Å². The average Bonchev–Trinajstić information content (AvgIpc) is 2.58. The Morgan fingerprint density at radius 1 is 0.960 bits per heavy atom. The molecule has 0 spiro atoms. The molecule has 0 aromatic rings. The van der Waals surface area contributed by atoms with E-state index in [4.69, 9.17) is 0 Å². The molecule has 2 aliphatic heterocycles. The topological polar surface area (TPSA) is 77.9 Å². The Morgan fingerprint density at radius 2 is 1.52 bits per heavy atom. The summed E-state index contributed by atoms with van der Waals surface area (Å²) >= 11 is 0. The van der Waals surface area contributed by atoms with Gasteiger partial charge in [-0.25, -0.2) is 0 Å². The van der Waals surface area contributed by atoms with Gasteiger partial charge in [0.15, 0.2) is 0 Å². The number of carbonyl (C=O) groups is 3. The summed E-state index contributed by atoms with van der Waals surface area (Å²) < 4.78 is 0. The molecule has 6 heteroatoms. The van der Waals surface area contributed by atoms with Gasteiger partial charge in [0, 0.05) is 38.5 Å². The molecule has 2 saturated heterocycles. The number of carboxylic acids is 1. The van der Waals surface area contributed by atoms with Gasteiger partial charge in [-0.05, 0) is 44.4 Å². The predicted octanol–water partition coefficient (Wildman–Crippen LogP) is 2.13. The molecule has 140 valence electrons. The summed E-state index contributed by atoms with van der Waals surface area (Å²) in [5, 5.41) is 9.39. The van der Waals surface area contributed by atoms with Crippen LogP contribution >= 0.6 is 0 Å². The first-order chi connectivity index (χ1) is 11.9. The highest BCUT2D eigenvalue weighted by Gasteiger charge is 2.47. The van der Waals surface area contributed by atoms with E-state index in [1.807, 2.05) is 4.90 Å². The van der Waals surface area contributed by atoms with Crippen molar-refractivity contribution < 1.29 is 19.5 Å². The van der Waals surface area contributed by atoms with E-state index in [-0.39, 0.29) is 24.2 Å². The van der Waals surface area contributed by atoms with Crippen LogP contribution in [0, 0.1) is 17.3 Å². The van der Waals surface area contributed by atoms with Gasteiger partial charge < -0.3 is 14.9 Å². The standard InChI is InChI=1S/C19H30N2O4/c1-14-3-9-21(10-4-14)17(23)15-5-11-20(12-6-15)16(22)13-19(18(24)25)7-2-8-19/h14-15H,2-13H2,1H3,(H,24,25). The molecular formula is C19H30N2O4. The molecule has 1 N–H and O–H groups in total. The lowest BCUT2D eigenvalue weighted by atomic mass is 9.66. The van der Waals surface area contributed by atoms with Gasteiger partial charge >= 0.3 is 5.97 Å². The van der Waals surface area contributed by atoms with Crippen LogP contribution in [-0.2, 0) is 14.4 Å². The van der Waals surface area contributed by atoms with Gasteiger partial charge in [0.25, 0.3) is 0 Å². The highest BCUT2D eigenvalue weighted by atomic mass is 16.4. The normalized spacial score (nSPS) is 24.7. The van der Waals surface area contributed by atoms with Crippen molar-refractivity contribution in [2.24, 2.45) is 17.3 Å². The fraction of sp³-hybridized carbons (Fsp3) is 0.842. The molecule has 0 radical (unpaired) electrons. The van der Waals surface area contributed by atoms with Crippen molar-refractivity contribution in [1.29, 1.82) is 0 Å². The third-order valence-electron chi connectivity index (χ3n) is 6.55. The molecule has 2 amide bonds. The van der Waals surface area contributed by atoms with E-state index in [0.717, 1.165) is 32.4 Å². The van der Waals surface area contributed by atoms with Gasteiger partial charge in [0.2, 0.25) is 11.8 Å². The molecule has 2 heterocycles. The summed E-state index contributed by atoms with van der Waals surface area (Å²) in [7, 11) is 0. The van der Waals surface area contributed by atoms with E-state index in [9.17, 15) is 19.5 Å². The van der Waals surface area contributed by atoms with Crippen molar-refractivity contribution in [2.75, 3.05) is 26.2 Å². The van der Waals surface area contributed by atoms with Crippen LogP contribution in [0.3, 0.4) is 0 Å². The Morgan fingerprint density at radius 3 is 2.00 bits per heavy atom. The molecule has 1 saturated carbocycles. The van der Waals surface area contributed by atoms with Gasteiger partial charge in [-0.2, -0.15) is 0 Å². The van der Waals surface area contributed by atoms with Crippen LogP contribution in [0.2, 0.25) is 0 Å². The second-order valence-corrected chi connectivity index (χ2v) is 8.28. The number of nitrogens with zero attached hydrogens (tertiary/aromatic N) is 2. The Hall–Kier alpha value is -1.59. The van der Waals surface area contributed by atoms with Gasteiger partial charge in [-0.3, -0.25) is 14.4 Å². The average molecular weight is 350 g/mol. The maximum Gasteiger partial charge on any atom is 0.310 e. The summed E-state index contributed by atoms with van der Waals surface area (Å²) in [6.07, 6.45) is 5.80. The largest absolute Gasteiger partial charge is 0.481 e. The molecule has 6 nitrogen and oxygen atoms in total. The summed E-state index contributed by atoms with van der Waals surface area (Å²) in [4.78, 5) is 40.4. The van der Waals surface area contributed by atoms with E-state index in [2.05, 4.69) is 6.92 Å². The maximum absolute atomic E-state index is 12.7. The second-order valence-electron chi connectivity index (χ2n) is 8.28. The number of hydrogen-bond acceptors (Lipinski definition) is 3. The predicted molar refractivity (Wildman–Crippen MR) is 92.8 cm³/mol. The molecule has 0 unspecified atom stereocenters. The number of carboxylic acid groups (broad SMARTS) is 1. The molecule has 0 atom stereocenters. The van der Waals surface area contributed by atoms with Gasteiger partial charge in [0.1, 0.15) is 0 Å². The van der Waals surface area contributed by atoms with E-state index in [0.29, 0.717) is 44.7 Å². The van der Waals surface area contributed by atoms with Crippen LogP contribution < -0.4 is 0 Å². The lowest BCUT2D eigenvalue weighted by Gasteiger charge is -2.40. The number of rotatable bonds is 4. The molecule has 3 fully saturated rings. The number of aliphatic carboxylic acids is 1. The monoisotopic (exact) mass is 350 g/mol. The first kappa shape index (κ1) is 18.2. The third kappa shape index (κ3) is 3.82. The van der Waals surface area contributed by atoms with Crippen LogP contribution in [0.1, 0.15) is 58.3 Å². The minimum absolute atomic E-state index is 0.0228. The van der Waals surface area contributed by atoms with Gasteiger partial charge in [0.05, 0.1) is 5.41 Å². The summed E-state index contributed by atoms with van der Waals surface area (Å²) in [6, 6.07) is 0. The molecule has 0 aromatic heterocycles. The minimum atomic E-state index is -0.837. The van der Waals surface area contributed by atoms with Crippen molar-refractivity contribution in [2.45, 2.75) is 58.3 Å². The maximum atomic E-state index is 12.7. The lowest BCUT2D eigenvalue weighted by molar-refractivity contribution is -0.160. The zero-order chi connectivity index (χ0) is 18.0.